The molecule has 0 fully saturated rings. The Morgan fingerprint density at radius 1 is 1.06 bits per heavy atom. The standard InChI is InChI=1S/C24H24ClN5O2/c1-15-12-28(19-10-8-18(25)9-11-19)23-26-21-20(29(23)13-15)22(31)30(24(32)27(21)3)14-17-7-5-4-6-16(17)2/h4-11,15H,12-14H2,1-3H3/t15-/m1/s1. The molecular formula is C24H24ClN5O2. The van der Waals surface area contributed by atoms with Gasteiger partial charge in [0, 0.05) is 30.8 Å². The molecule has 2 aromatic carbocycles. The van der Waals surface area contributed by atoms with Gasteiger partial charge in [-0.2, -0.15) is 4.98 Å². The molecule has 7 nitrogen and oxygen atoms in total. The number of hydrogen-bond acceptors (Lipinski definition) is 4. The van der Waals surface area contributed by atoms with E-state index in [1.54, 1.807) is 7.05 Å². The van der Waals surface area contributed by atoms with Crippen LogP contribution in [0.25, 0.3) is 11.2 Å². The molecule has 1 atom stereocenters. The smallest absolute Gasteiger partial charge is 0.312 e. The van der Waals surface area contributed by atoms with Crippen molar-refractivity contribution in [2.45, 2.75) is 26.9 Å². The third-order valence-electron chi connectivity index (χ3n) is 6.17. The number of benzene rings is 2. The van der Waals surface area contributed by atoms with Gasteiger partial charge in [0.1, 0.15) is 0 Å². The molecule has 0 amide bonds. The first-order chi connectivity index (χ1) is 15.3. The van der Waals surface area contributed by atoms with Gasteiger partial charge < -0.3 is 9.47 Å². The lowest BCUT2D eigenvalue weighted by Crippen LogP contribution is -2.40. The summed E-state index contributed by atoms with van der Waals surface area (Å²) in [4.78, 5) is 33.6. The first-order valence-electron chi connectivity index (χ1n) is 10.6. The third kappa shape index (κ3) is 3.24. The van der Waals surface area contributed by atoms with E-state index < -0.39 is 0 Å². The molecular weight excluding hydrogens is 426 g/mol. The van der Waals surface area contributed by atoms with Crippen molar-refractivity contribution in [3.63, 3.8) is 0 Å². The first kappa shape index (κ1) is 20.6. The van der Waals surface area contributed by atoms with Crippen LogP contribution in [0.2, 0.25) is 5.02 Å². The van der Waals surface area contributed by atoms with E-state index in [0.29, 0.717) is 28.7 Å². The molecule has 164 valence electrons. The second-order valence-corrected chi connectivity index (χ2v) is 8.98. The molecule has 0 spiro atoms. The maximum absolute atomic E-state index is 13.6. The van der Waals surface area contributed by atoms with Gasteiger partial charge in [-0.15, -0.1) is 0 Å². The summed E-state index contributed by atoms with van der Waals surface area (Å²) >= 11 is 6.08. The van der Waals surface area contributed by atoms with Crippen molar-refractivity contribution in [2.24, 2.45) is 13.0 Å². The van der Waals surface area contributed by atoms with Crippen molar-refractivity contribution in [2.75, 3.05) is 11.4 Å². The largest absolute Gasteiger partial charge is 0.332 e. The lowest BCUT2D eigenvalue weighted by Gasteiger charge is -2.33. The quantitative estimate of drug-likeness (QED) is 0.478. The Bertz CT molecular complexity index is 1450. The van der Waals surface area contributed by atoms with Gasteiger partial charge in [0.2, 0.25) is 5.95 Å². The zero-order valence-electron chi connectivity index (χ0n) is 18.2. The summed E-state index contributed by atoms with van der Waals surface area (Å²) in [5.74, 6) is 0.957. The van der Waals surface area contributed by atoms with E-state index in [4.69, 9.17) is 16.6 Å². The number of anilines is 2. The van der Waals surface area contributed by atoms with E-state index in [1.165, 1.54) is 9.13 Å². The van der Waals surface area contributed by atoms with Crippen LogP contribution in [0.15, 0.2) is 58.1 Å². The normalized spacial score (nSPS) is 15.9. The van der Waals surface area contributed by atoms with Crippen LogP contribution in [-0.2, 0) is 20.1 Å². The molecule has 0 unspecified atom stereocenters. The van der Waals surface area contributed by atoms with Gasteiger partial charge in [0.25, 0.3) is 5.56 Å². The number of nitrogens with zero attached hydrogens (tertiary/aromatic N) is 5. The number of imidazole rings is 1. The predicted octanol–water partition coefficient (Wildman–Crippen LogP) is 3.69. The molecule has 5 rings (SSSR count). The van der Waals surface area contributed by atoms with E-state index >= 15 is 0 Å². The molecule has 0 aliphatic carbocycles. The molecule has 0 saturated carbocycles. The van der Waals surface area contributed by atoms with Crippen LogP contribution in [-0.4, -0.2) is 25.2 Å². The van der Waals surface area contributed by atoms with E-state index in [0.717, 1.165) is 23.4 Å². The van der Waals surface area contributed by atoms with Crippen LogP contribution in [0.1, 0.15) is 18.1 Å². The Morgan fingerprint density at radius 2 is 1.78 bits per heavy atom. The highest BCUT2D eigenvalue weighted by Crippen LogP contribution is 2.33. The molecule has 4 aromatic rings. The molecule has 3 heterocycles. The summed E-state index contributed by atoms with van der Waals surface area (Å²) in [7, 11) is 1.67. The summed E-state index contributed by atoms with van der Waals surface area (Å²) in [5, 5.41) is 0.661. The molecule has 2 aromatic heterocycles. The van der Waals surface area contributed by atoms with Gasteiger partial charge in [0.05, 0.1) is 6.54 Å². The van der Waals surface area contributed by atoms with Crippen molar-refractivity contribution in [1.82, 2.24) is 18.7 Å². The van der Waals surface area contributed by atoms with E-state index in [2.05, 4.69) is 11.8 Å². The van der Waals surface area contributed by atoms with E-state index in [1.807, 2.05) is 60.0 Å². The zero-order valence-corrected chi connectivity index (χ0v) is 19.0. The van der Waals surface area contributed by atoms with Crippen molar-refractivity contribution in [3.05, 3.63) is 85.5 Å². The maximum Gasteiger partial charge on any atom is 0.332 e. The number of aryl methyl sites for hydroxylation is 2. The second-order valence-electron chi connectivity index (χ2n) is 8.55. The predicted molar refractivity (Wildman–Crippen MR) is 127 cm³/mol. The SMILES string of the molecule is Cc1ccccc1Cn1c(=O)c2c(nc3n2C[C@H](C)CN3c2ccc(Cl)cc2)n(C)c1=O. The Hall–Kier alpha value is -3.32. The van der Waals surface area contributed by atoms with Gasteiger partial charge in [-0.3, -0.25) is 13.9 Å². The molecule has 1 aliphatic rings. The van der Waals surface area contributed by atoms with Crippen LogP contribution >= 0.6 is 11.6 Å². The average molecular weight is 450 g/mol. The minimum Gasteiger partial charge on any atom is -0.312 e. The number of aromatic nitrogens is 4. The van der Waals surface area contributed by atoms with Crippen LogP contribution < -0.4 is 16.1 Å². The third-order valence-corrected chi connectivity index (χ3v) is 6.42. The van der Waals surface area contributed by atoms with Crippen molar-refractivity contribution >= 4 is 34.4 Å². The highest BCUT2D eigenvalue weighted by atomic mass is 35.5. The van der Waals surface area contributed by atoms with Crippen LogP contribution in [0.3, 0.4) is 0 Å². The van der Waals surface area contributed by atoms with Crippen molar-refractivity contribution in [1.29, 1.82) is 0 Å². The summed E-state index contributed by atoms with van der Waals surface area (Å²) in [6.07, 6.45) is 0. The second kappa shape index (κ2) is 7.67. The minimum absolute atomic E-state index is 0.227. The molecule has 8 heteroatoms. The highest BCUT2D eigenvalue weighted by Gasteiger charge is 2.29. The van der Waals surface area contributed by atoms with Gasteiger partial charge >= 0.3 is 5.69 Å². The zero-order chi connectivity index (χ0) is 22.6. The lowest BCUT2D eigenvalue weighted by atomic mass is 10.1. The van der Waals surface area contributed by atoms with Crippen LogP contribution in [0, 0.1) is 12.8 Å². The molecule has 0 bridgehead atoms. The number of hydrogen-bond donors (Lipinski definition) is 0. The summed E-state index contributed by atoms with van der Waals surface area (Å²) in [6.45, 7) is 5.77. The molecule has 0 radical (unpaired) electrons. The number of fused-ring (bicyclic) bond motifs is 3. The Balaban J connectivity index is 1.73. The summed E-state index contributed by atoms with van der Waals surface area (Å²) in [6, 6.07) is 15.4. The monoisotopic (exact) mass is 449 g/mol. The Kier molecular flexibility index (Phi) is 4.93. The summed E-state index contributed by atoms with van der Waals surface area (Å²) < 4.78 is 4.74. The fourth-order valence-corrected chi connectivity index (χ4v) is 4.57. The highest BCUT2D eigenvalue weighted by molar-refractivity contribution is 6.30. The van der Waals surface area contributed by atoms with Gasteiger partial charge in [-0.1, -0.05) is 42.8 Å². The number of halogens is 1. The Labute approximate surface area is 190 Å². The van der Waals surface area contributed by atoms with Gasteiger partial charge in [-0.05, 0) is 48.2 Å². The fourth-order valence-electron chi connectivity index (χ4n) is 4.44. The van der Waals surface area contributed by atoms with Crippen LogP contribution in [0.5, 0.6) is 0 Å². The molecule has 1 aliphatic heterocycles. The molecule has 32 heavy (non-hydrogen) atoms. The lowest BCUT2D eigenvalue weighted by molar-refractivity contribution is 0.458. The van der Waals surface area contributed by atoms with Gasteiger partial charge in [0.15, 0.2) is 11.2 Å². The van der Waals surface area contributed by atoms with Crippen LogP contribution in [0.4, 0.5) is 11.6 Å². The number of rotatable bonds is 3. The maximum atomic E-state index is 13.6. The molecule has 0 saturated heterocycles. The van der Waals surface area contributed by atoms with E-state index in [9.17, 15) is 9.59 Å². The van der Waals surface area contributed by atoms with Crippen molar-refractivity contribution < 1.29 is 0 Å². The average Bonchev–Trinajstić information content (AvgIpc) is 3.16. The topological polar surface area (TPSA) is 65.1 Å². The molecule has 0 N–H and O–H groups in total. The Morgan fingerprint density at radius 3 is 2.50 bits per heavy atom. The first-order valence-corrected chi connectivity index (χ1v) is 11.0. The van der Waals surface area contributed by atoms with Gasteiger partial charge in [-0.25, -0.2) is 4.79 Å². The minimum atomic E-state index is -0.368. The van der Waals surface area contributed by atoms with Crippen molar-refractivity contribution in [3.8, 4) is 0 Å². The van der Waals surface area contributed by atoms with E-state index in [-0.39, 0.29) is 23.7 Å². The fraction of sp³-hybridized carbons (Fsp3) is 0.292. The summed E-state index contributed by atoms with van der Waals surface area (Å²) in [5.41, 5.74) is 3.12.